The van der Waals surface area contributed by atoms with Crippen LogP contribution in [0.15, 0.2) is 36.4 Å². The quantitative estimate of drug-likeness (QED) is 0.150. The predicted molar refractivity (Wildman–Crippen MR) is 180 cm³/mol. The first-order chi connectivity index (χ1) is 22.8. The van der Waals surface area contributed by atoms with Gasteiger partial charge in [0.1, 0.15) is 30.3 Å². The number of benzene rings is 1. The van der Waals surface area contributed by atoms with Crippen LogP contribution in [0.5, 0.6) is 0 Å². The fourth-order valence-corrected chi connectivity index (χ4v) is 5.95. The van der Waals surface area contributed by atoms with Crippen LogP contribution >= 0.6 is 0 Å². The maximum atomic E-state index is 13.5. The molecule has 15 heteroatoms. The first-order valence-corrected chi connectivity index (χ1v) is 16.5. The molecule has 2 aliphatic heterocycles. The minimum absolute atomic E-state index is 0.251. The van der Waals surface area contributed by atoms with Gasteiger partial charge in [0, 0.05) is 29.8 Å². The van der Waals surface area contributed by atoms with Crippen molar-refractivity contribution < 1.29 is 42.8 Å². The molecular weight excluding hydrogens is 634 g/mol. The third-order valence-electron chi connectivity index (χ3n) is 8.54. The number of likely N-dealkylation sites (N-methyl/N-ethyl adjacent to an activating group) is 1. The van der Waals surface area contributed by atoms with E-state index in [1.54, 1.807) is 46.8 Å². The predicted octanol–water partition coefficient (Wildman–Crippen LogP) is 1.07. The minimum atomic E-state index is -1.48. The summed E-state index contributed by atoms with van der Waals surface area (Å²) in [6.07, 6.45) is 3.89. The van der Waals surface area contributed by atoms with E-state index in [1.807, 2.05) is 19.2 Å². The minimum Gasteiger partial charge on any atom is -0.444 e. The van der Waals surface area contributed by atoms with Crippen LogP contribution in [0.2, 0.25) is 0 Å². The van der Waals surface area contributed by atoms with Crippen molar-refractivity contribution in [2.24, 2.45) is 11.7 Å². The summed E-state index contributed by atoms with van der Waals surface area (Å²) in [5.74, 6) is -4.31. The highest BCUT2D eigenvalue weighted by atomic mass is 16.6. The van der Waals surface area contributed by atoms with Crippen LogP contribution in [-0.2, 0) is 40.0 Å². The summed E-state index contributed by atoms with van der Waals surface area (Å²) < 4.78 is 5.73. The first-order valence-electron chi connectivity index (χ1n) is 16.5. The van der Waals surface area contributed by atoms with Crippen LogP contribution in [-0.4, -0.2) is 101 Å². The van der Waals surface area contributed by atoms with Crippen molar-refractivity contribution in [3.63, 3.8) is 0 Å². The van der Waals surface area contributed by atoms with Gasteiger partial charge in [-0.1, -0.05) is 26.0 Å². The maximum Gasteiger partial charge on any atom is 0.407 e. The lowest BCUT2D eigenvalue weighted by atomic mass is 9.97. The van der Waals surface area contributed by atoms with Crippen LogP contribution in [0.4, 0.5) is 10.5 Å². The number of likely N-dealkylation sites (tertiary alicyclic amines) is 1. The number of anilines is 1. The van der Waals surface area contributed by atoms with E-state index in [2.05, 4.69) is 21.3 Å². The standard InChI is InChI=1S/C34H49N7O8/c1-20(2)28(39-31(46)24(40-26(42)15-16-27(40)43)18-36-33(48)49-34(4,5)6)32(47)37-21(3)30(45)38-23-13-11-22(12-14-23)19-41(7)17-9-8-10-25(41)29(35)44/h11-16,20-21,24-25,28H,8-10,17-19H2,1-7H3,(H5-,35,36,37,38,39,44,45,46,47,48)/p+1/t21-,24-,25+,28-,41?/m0/s1. The lowest BCUT2D eigenvalue weighted by Gasteiger charge is -2.43. The van der Waals surface area contributed by atoms with Crippen LogP contribution < -0.4 is 27.0 Å². The summed E-state index contributed by atoms with van der Waals surface area (Å²) in [4.78, 5) is 89.7. The number of carbonyl (C=O) groups is 7. The second-order valence-electron chi connectivity index (χ2n) is 14.2. The average Bonchev–Trinajstić information content (AvgIpc) is 3.32. The van der Waals surface area contributed by atoms with Gasteiger partial charge in [0.25, 0.3) is 17.7 Å². The van der Waals surface area contributed by atoms with Crippen LogP contribution in [0.1, 0.15) is 66.4 Å². The molecule has 3 rings (SSSR count). The Labute approximate surface area is 286 Å². The number of ether oxygens (including phenoxy) is 1. The number of nitrogens with one attached hydrogen (secondary N) is 4. The van der Waals surface area contributed by atoms with Gasteiger partial charge < -0.3 is 36.2 Å². The molecule has 15 nitrogen and oxygen atoms in total. The smallest absolute Gasteiger partial charge is 0.407 e. The van der Waals surface area contributed by atoms with E-state index in [0.717, 1.165) is 43.5 Å². The first kappa shape index (κ1) is 38.7. The van der Waals surface area contributed by atoms with Gasteiger partial charge in [0.2, 0.25) is 17.7 Å². The Hall–Kier alpha value is -4.79. The van der Waals surface area contributed by atoms with Gasteiger partial charge in [-0.05, 0) is 58.6 Å². The molecule has 5 atom stereocenters. The number of amides is 7. The van der Waals surface area contributed by atoms with Crippen molar-refractivity contribution >= 4 is 47.2 Å². The number of hydrogen-bond donors (Lipinski definition) is 5. The van der Waals surface area contributed by atoms with Crippen molar-refractivity contribution in [1.29, 1.82) is 0 Å². The highest BCUT2D eigenvalue weighted by molar-refractivity contribution is 6.15. The normalized spacial score (nSPS) is 21.1. The molecule has 0 saturated carbocycles. The van der Waals surface area contributed by atoms with E-state index in [-0.39, 0.29) is 11.9 Å². The van der Waals surface area contributed by atoms with E-state index >= 15 is 0 Å². The summed E-state index contributed by atoms with van der Waals surface area (Å²) >= 11 is 0. The van der Waals surface area contributed by atoms with Crippen molar-refractivity contribution in [2.45, 2.75) is 97.1 Å². The van der Waals surface area contributed by atoms with E-state index in [1.165, 1.54) is 6.92 Å². The van der Waals surface area contributed by atoms with Gasteiger partial charge in [0.15, 0.2) is 6.04 Å². The molecular formula is C34H50N7O8+. The zero-order valence-corrected chi connectivity index (χ0v) is 29.3. The maximum absolute atomic E-state index is 13.5. The number of quaternary nitrogens is 1. The highest BCUT2D eigenvalue weighted by Crippen LogP contribution is 2.27. The Morgan fingerprint density at radius 3 is 2.10 bits per heavy atom. The summed E-state index contributed by atoms with van der Waals surface area (Å²) in [5.41, 5.74) is 6.34. The number of alkyl carbamates (subject to hydrolysis) is 1. The third kappa shape index (κ3) is 10.6. The molecule has 6 N–H and O–H groups in total. The second-order valence-corrected chi connectivity index (χ2v) is 14.2. The Kier molecular flexibility index (Phi) is 12.7. The Morgan fingerprint density at radius 1 is 0.939 bits per heavy atom. The van der Waals surface area contributed by atoms with E-state index in [9.17, 15) is 33.6 Å². The summed E-state index contributed by atoms with van der Waals surface area (Å²) in [6, 6.07) is 3.34. The molecule has 1 unspecified atom stereocenters. The molecule has 0 spiro atoms. The molecule has 0 aromatic heterocycles. The lowest BCUT2D eigenvalue weighted by Crippen LogP contribution is -2.60. The highest BCUT2D eigenvalue weighted by Gasteiger charge is 2.40. The molecule has 0 bridgehead atoms. The number of primary amides is 1. The van der Waals surface area contributed by atoms with E-state index in [0.29, 0.717) is 21.6 Å². The number of nitrogens with two attached hydrogens (primary N) is 1. The fourth-order valence-electron chi connectivity index (χ4n) is 5.95. The monoisotopic (exact) mass is 684 g/mol. The number of hydrogen-bond acceptors (Lipinski definition) is 8. The number of imide groups is 1. The Bertz CT molecular complexity index is 1450. The van der Waals surface area contributed by atoms with Crippen LogP contribution in [0.3, 0.4) is 0 Å². The summed E-state index contributed by atoms with van der Waals surface area (Å²) in [7, 11) is 2.03. The van der Waals surface area contributed by atoms with Crippen molar-refractivity contribution in [3.05, 3.63) is 42.0 Å². The molecule has 2 aliphatic rings. The molecule has 0 aliphatic carbocycles. The van der Waals surface area contributed by atoms with E-state index < -0.39 is 71.8 Å². The molecule has 0 radical (unpaired) electrons. The van der Waals surface area contributed by atoms with Crippen molar-refractivity contribution in [2.75, 3.05) is 25.5 Å². The number of piperidine rings is 1. The fraction of sp³-hybridized carbons (Fsp3) is 0.559. The lowest BCUT2D eigenvalue weighted by molar-refractivity contribution is -0.941. The van der Waals surface area contributed by atoms with Gasteiger partial charge in [-0.25, -0.2) is 4.79 Å². The van der Waals surface area contributed by atoms with Crippen LogP contribution in [0.25, 0.3) is 0 Å². The van der Waals surface area contributed by atoms with Gasteiger partial charge in [-0.15, -0.1) is 0 Å². The van der Waals surface area contributed by atoms with Crippen LogP contribution in [0, 0.1) is 5.92 Å². The summed E-state index contributed by atoms with van der Waals surface area (Å²) in [6.45, 7) is 10.8. The molecule has 1 aromatic rings. The van der Waals surface area contributed by atoms with Gasteiger partial charge in [0.05, 0.1) is 20.1 Å². The molecule has 1 saturated heterocycles. The number of carbonyl (C=O) groups excluding carboxylic acids is 7. The summed E-state index contributed by atoms with van der Waals surface area (Å²) in [5, 5.41) is 10.4. The Balaban J connectivity index is 1.63. The molecule has 49 heavy (non-hydrogen) atoms. The number of rotatable bonds is 13. The zero-order chi connectivity index (χ0) is 36.7. The van der Waals surface area contributed by atoms with Gasteiger partial charge in [-0.2, -0.15) is 0 Å². The average molecular weight is 685 g/mol. The number of nitrogens with zero attached hydrogens (tertiary/aromatic N) is 2. The molecule has 268 valence electrons. The molecule has 2 heterocycles. The largest absolute Gasteiger partial charge is 0.444 e. The second kappa shape index (κ2) is 16.1. The van der Waals surface area contributed by atoms with E-state index in [4.69, 9.17) is 10.5 Å². The topological polar surface area (TPSA) is 206 Å². The Morgan fingerprint density at radius 2 is 1.55 bits per heavy atom. The molecule has 7 amide bonds. The SMILES string of the molecule is CC(C)[C@H](NC(=O)[C@H](CNC(=O)OC(C)(C)C)N1C(=O)C=CC1=O)C(=O)N[C@@H](C)C(=O)Nc1ccc(C[N+]2(C)CCCC[C@@H]2C(N)=O)cc1. The molecule has 1 aromatic carbocycles. The van der Waals surface area contributed by atoms with Gasteiger partial charge >= 0.3 is 6.09 Å². The molecule has 1 fully saturated rings. The third-order valence-corrected chi connectivity index (χ3v) is 8.54. The van der Waals surface area contributed by atoms with Crippen molar-refractivity contribution in [1.82, 2.24) is 20.9 Å². The van der Waals surface area contributed by atoms with Crippen molar-refractivity contribution in [3.8, 4) is 0 Å². The van der Waals surface area contributed by atoms with Gasteiger partial charge in [-0.3, -0.25) is 33.7 Å². The zero-order valence-electron chi connectivity index (χ0n) is 29.3.